The van der Waals surface area contributed by atoms with E-state index < -0.39 is 11.7 Å². The molecule has 2 aliphatic heterocycles. The second kappa shape index (κ2) is 9.55. The average molecular weight is 467 g/mol. The normalized spacial score (nSPS) is 33.7. The molecule has 4 unspecified atom stereocenters. The summed E-state index contributed by atoms with van der Waals surface area (Å²) >= 11 is 0. The topological polar surface area (TPSA) is 42.4 Å². The van der Waals surface area contributed by atoms with Gasteiger partial charge in [0, 0.05) is 44.6 Å². The number of carbonyl (C=O) groups excluding carboxylic acids is 1. The minimum atomic E-state index is -4.40. The number of pyridine rings is 1. The Morgan fingerprint density at radius 1 is 1.21 bits per heavy atom. The largest absolute Gasteiger partial charge is 0.417 e. The van der Waals surface area contributed by atoms with Crippen LogP contribution in [-0.4, -0.2) is 35.5 Å². The van der Waals surface area contributed by atoms with Crippen LogP contribution in [0.1, 0.15) is 76.1 Å². The number of fused-ring (bicyclic) bond motifs is 2. The molecule has 0 aromatic carbocycles. The standard InChI is InChI=1S/C19H23F3N2O.C7H14O/c1-12-7-14-3-2-5-18(14,9-12)17(25)24-6-4-16-13(11-24)8-15(10-23-16)19(20,21)22;1-6-3-4-8-5-7(6)2/h8,10,12,14H,2-7,9,11H2,1H3;6-7H,3-5H2,1-2H3/t;6-,7?/m.1/s1. The van der Waals surface area contributed by atoms with Gasteiger partial charge in [0.1, 0.15) is 0 Å². The first-order chi connectivity index (χ1) is 15.6. The zero-order valence-electron chi connectivity index (χ0n) is 20.1. The van der Waals surface area contributed by atoms with Gasteiger partial charge in [0.15, 0.2) is 0 Å². The van der Waals surface area contributed by atoms with Crippen LogP contribution in [0.5, 0.6) is 0 Å². The van der Waals surface area contributed by atoms with Crippen LogP contribution in [-0.2, 0) is 28.7 Å². The first-order valence-corrected chi connectivity index (χ1v) is 12.5. The number of carbonyl (C=O) groups is 1. The van der Waals surface area contributed by atoms with E-state index in [-0.39, 0.29) is 17.9 Å². The zero-order chi connectivity index (χ0) is 23.8. The summed E-state index contributed by atoms with van der Waals surface area (Å²) in [6.45, 7) is 9.53. The number of aromatic nitrogens is 1. The Bertz CT molecular complexity index is 848. The fourth-order valence-electron chi connectivity index (χ4n) is 6.37. The Labute approximate surface area is 195 Å². The highest BCUT2D eigenvalue weighted by atomic mass is 19.4. The molecule has 2 saturated carbocycles. The Morgan fingerprint density at radius 2 is 2.00 bits per heavy atom. The van der Waals surface area contributed by atoms with Crippen LogP contribution in [0.15, 0.2) is 12.3 Å². The predicted molar refractivity (Wildman–Crippen MR) is 120 cm³/mol. The van der Waals surface area contributed by atoms with Crippen LogP contribution >= 0.6 is 0 Å². The van der Waals surface area contributed by atoms with Crippen molar-refractivity contribution in [1.29, 1.82) is 0 Å². The molecule has 1 amide bonds. The Hall–Kier alpha value is -1.63. The van der Waals surface area contributed by atoms with Crippen LogP contribution in [0, 0.1) is 29.1 Å². The molecule has 0 spiro atoms. The zero-order valence-corrected chi connectivity index (χ0v) is 20.1. The minimum Gasteiger partial charge on any atom is -0.381 e. The molecule has 184 valence electrons. The Morgan fingerprint density at radius 3 is 2.67 bits per heavy atom. The van der Waals surface area contributed by atoms with Crippen LogP contribution < -0.4 is 0 Å². The number of hydrogen-bond acceptors (Lipinski definition) is 3. The number of ether oxygens (including phenoxy) is 1. The molecule has 2 aliphatic carbocycles. The third kappa shape index (κ3) is 5.08. The van der Waals surface area contributed by atoms with Crippen molar-refractivity contribution >= 4 is 5.91 Å². The lowest BCUT2D eigenvalue weighted by Gasteiger charge is -2.37. The van der Waals surface area contributed by atoms with Gasteiger partial charge < -0.3 is 9.64 Å². The van der Waals surface area contributed by atoms with Crippen LogP contribution in [0.2, 0.25) is 0 Å². The highest BCUT2D eigenvalue weighted by molar-refractivity contribution is 5.84. The second-order valence-electron chi connectivity index (χ2n) is 10.9. The summed E-state index contributed by atoms with van der Waals surface area (Å²) in [5, 5.41) is 0. The number of hydrogen-bond donors (Lipinski definition) is 0. The van der Waals surface area contributed by atoms with Gasteiger partial charge in [0.2, 0.25) is 5.91 Å². The van der Waals surface area contributed by atoms with Gasteiger partial charge in [0.25, 0.3) is 0 Å². The van der Waals surface area contributed by atoms with Crippen LogP contribution in [0.25, 0.3) is 0 Å². The summed E-state index contributed by atoms with van der Waals surface area (Å²) in [7, 11) is 0. The average Bonchev–Trinajstić information content (AvgIpc) is 3.31. The van der Waals surface area contributed by atoms with Gasteiger partial charge in [0.05, 0.1) is 11.0 Å². The van der Waals surface area contributed by atoms with Gasteiger partial charge in [-0.05, 0) is 67.4 Å². The molecule has 4 nitrogen and oxygen atoms in total. The molecule has 1 aromatic rings. The van der Waals surface area contributed by atoms with E-state index in [1.807, 2.05) is 0 Å². The van der Waals surface area contributed by atoms with E-state index in [2.05, 4.69) is 25.8 Å². The van der Waals surface area contributed by atoms with Crippen molar-refractivity contribution in [2.45, 2.75) is 78.4 Å². The quantitative estimate of drug-likeness (QED) is 0.519. The summed E-state index contributed by atoms with van der Waals surface area (Å²) in [5.41, 5.74) is 0.252. The van der Waals surface area contributed by atoms with Crippen LogP contribution in [0.3, 0.4) is 0 Å². The summed E-state index contributed by atoms with van der Waals surface area (Å²) in [6, 6.07) is 1.17. The maximum absolute atomic E-state index is 13.3. The van der Waals surface area contributed by atoms with Gasteiger partial charge in [-0.15, -0.1) is 0 Å². The molecule has 7 heteroatoms. The first kappa shape index (κ1) is 24.5. The van der Waals surface area contributed by atoms with E-state index >= 15 is 0 Å². The summed E-state index contributed by atoms with van der Waals surface area (Å²) in [4.78, 5) is 19.1. The molecule has 1 saturated heterocycles. The maximum Gasteiger partial charge on any atom is 0.417 e. The van der Waals surface area contributed by atoms with E-state index in [9.17, 15) is 18.0 Å². The monoisotopic (exact) mass is 466 g/mol. The fourth-order valence-corrected chi connectivity index (χ4v) is 6.37. The number of halogens is 3. The predicted octanol–water partition coefficient (Wildman–Crippen LogP) is 5.88. The lowest BCUT2D eigenvalue weighted by molar-refractivity contribution is -0.144. The smallest absolute Gasteiger partial charge is 0.381 e. The lowest BCUT2D eigenvalue weighted by atomic mass is 9.78. The number of nitrogens with zero attached hydrogens (tertiary/aromatic N) is 2. The van der Waals surface area contributed by atoms with E-state index in [1.54, 1.807) is 4.90 Å². The van der Waals surface area contributed by atoms with Crippen molar-refractivity contribution in [1.82, 2.24) is 9.88 Å². The number of alkyl halides is 3. The Balaban J connectivity index is 0.000000275. The Kier molecular flexibility index (Phi) is 7.09. The molecule has 33 heavy (non-hydrogen) atoms. The van der Waals surface area contributed by atoms with E-state index in [1.165, 1.54) is 12.5 Å². The second-order valence-corrected chi connectivity index (χ2v) is 10.9. The summed E-state index contributed by atoms with van der Waals surface area (Å²) < 4.78 is 44.1. The molecule has 5 rings (SSSR count). The molecule has 5 atom stereocenters. The van der Waals surface area contributed by atoms with Crippen molar-refractivity contribution < 1.29 is 22.7 Å². The molecule has 0 radical (unpaired) electrons. The third-order valence-electron chi connectivity index (χ3n) is 8.51. The minimum absolute atomic E-state index is 0.169. The highest BCUT2D eigenvalue weighted by Crippen LogP contribution is 2.57. The van der Waals surface area contributed by atoms with Crippen molar-refractivity contribution in [3.05, 3.63) is 29.1 Å². The summed E-state index contributed by atoms with van der Waals surface area (Å²) in [5.74, 6) is 2.84. The van der Waals surface area contributed by atoms with E-state index in [0.717, 1.165) is 63.4 Å². The van der Waals surface area contributed by atoms with Gasteiger partial charge in [-0.1, -0.05) is 27.2 Å². The van der Waals surface area contributed by atoms with Gasteiger partial charge in [-0.2, -0.15) is 13.2 Å². The van der Waals surface area contributed by atoms with Crippen molar-refractivity contribution in [2.75, 3.05) is 19.8 Å². The van der Waals surface area contributed by atoms with Crippen molar-refractivity contribution in [3.8, 4) is 0 Å². The van der Waals surface area contributed by atoms with Crippen LogP contribution in [0.4, 0.5) is 13.2 Å². The molecule has 3 heterocycles. The molecule has 4 aliphatic rings. The number of amides is 1. The van der Waals surface area contributed by atoms with E-state index in [0.29, 0.717) is 36.1 Å². The van der Waals surface area contributed by atoms with Gasteiger partial charge in [-0.3, -0.25) is 9.78 Å². The first-order valence-electron chi connectivity index (χ1n) is 12.5. The molecule has 1 aromatic heterocycles. The molecular weight excluding hydrogens is 429 g/mol. The summed E-state index contributed by atoms with van der Waals surface area (Å²) in [6.07, 6.45) is 3.47. The van der Waals surface area contributed by atoms with Gasteiger partial charge in [-0.25, -0.2) is 0 Å². The lowest BCUT2D eigenvalue weighted by Crippen LogP contribution is -2.46. The van der Waals surface area contributed by atoms with Gasteiger partial charge >= 0.3 is 6.18 Å². The molecular formula is C26H37F3N2O2. The van der Waals surface area contributed by atoms with Crippen molar-refractivity contribution in [2.24, 2.45) is 29.1 Å². The third-order valence-corrected chi connectivity index (χ3v) is 8.51. The number of rotatable bonds is 1. The SMILES string of the molecule is CC1CC2CCCC2(C(=O)N2CCc3ncc(C(F)(F)F)cc3C2)C1.CC1COCC[C@H]1C. The van der Waals surface area contributed by atoms with Crippen molar-refractivity contribution in [3.63, 3.8) is 0 Å². The highest BCUT2D eigenvalue weighted by Gasteiger charge is 2.55. The molecule has 0 bridgehead atoms. The molecule has 3 fully saturated rings. The maximum atomic E-state index is 13.3. The van der Waals surface area contributed by atoms with E-state index in [4.69, 9.17) is 4.74 Å². The molecule has 0 N–H and O–H groups in total. The fraction of sp³-hybridized carbons (Fsp3) is 0.769.